The van der Waals surface area contributed by atoms with E-state index in [0.717, 1.165) is 17.1 Å². The van der Waals surface area contributed by atoms with E-state index in [1.54, 1.807) is 35.6 Å². The molecule has 0 aliphatic heterocycles. The van der Waals surface area contributed by atoms with Crippen molar-refractivity contribution in [3.63, 3.8) is 0 Å². The number of hydrogen-bond donors (Lipinski definition) is 1. The summed E-state index contributed by atoms with van der Waals surface area (Å²) in [5.74, 6) is -0.209. The van der Waals surface area contributed by atoms with Crippen molar-refractivity contribution in [2.45, 2.75) is 39.8 Å². The maximum absolute atomic E-state index is 11.9. The SMILES string of the molecule is CC[C@@H](C)NC(=O)COC(=O)c1ccc(OCc2csc(C)n2)cc1. The highest BCUT2D eigenvalue weighted by Gasteiger charge is 2.11. The lowest BCUT2D eigenvalue weighted by molar-refractivity contribution is -0.124. The number of carbonyl (C=O) groups excluding carboxylic acids is 2. The summed E-state index contributed by atoms with van der Waals surface area (Å²) in [4.78, 5) is 27.9. The number of thiazole rings is 1. The van der Waals surface area contributed by atoms with Gasteiger partial charge in [-0.05, 0) is 44.5 Å². The first-order chi connectivity index (χ1) is 12.0. The molecule has 0 spiro atoms. The normalized spacial score (nSPS) is 11.6. The lowest BCUT2D eigenvalue weighted by Crippen LogP contribution is -2.35. The van der Waals surface area contributed by atoms with Gasteiger partial charge in [0.15, 0.2) is 6.61 Å². The zero-order valence-corrected chi connectivity index (χ0v) is 15.4. The van der Waals surface area contributed by atoms with Gasteiger partial charge in [-0.2, -0.15) is 0 Å². The van der Waals surface area contributed by atoms with E-state index in [2.05, 4.69) is 10.3 Å². The smallest absolute Gasteiger partial charge is 0.338 e. The Hall–Kier alpha value is -2.41. The molecule has 0 bridgehead atoms. The van der Waals surface area contributed by atoms with Gasteiger partial charge in [-0.15, -0.1) is 11.3 Å². The molecule has 6 nitrogen and oxygen atoms in total. The molecule has 7 heteroatoms. The zero-order valence-electron chi connectivity index (χ0n) is 14.6. The first-order valence-corrected chi connectivity index (χ1v) is 8.96. The molecule has 2 aromatic rings. The van der Waals surface area contributed by atoms with Crippen molar-refractivity contribution < 1.29 is 19.1 Å². The monoisotopic (exact) mass is 362 g/mol. The Morgan fingerprint density at radius 1 is 1.28 bits per heavy atom. The summed E-state index contributed by atoms with van der Waals surface area (Å²) in [5.41, 5.74) is 1.24. The highest BCUT2D eigenvalue weighted by molar-refractivity contribution is 7.09. The number of amides is 1. The second kappa shape index (κ2) is 9.17. The minimum Gasteiger partial charge on any atom is -0.487 e. The second-order valence-electron chi connectivity index (χ2n) is 5.62. The summed E-state index contributed by atoms with van der Waals surface area (Å²) < 4.78 is 10.6. The largest absolute Gasteiger partial charge is 0.487 e. The quantitative estimate of drug-likeness (QED) is 0.730. The molecule has 0 fully saturated rings. The van der Waals surface area contributed by atoms with E-state index in [4.69, 9.17) is 9.47 Å². The average molecular weight is 362 g/mol. The molecule has 0 saturated carbocycles. The molecule has 25 heavy (non-hydrogen) atoms. The van der Waals surface area contributed by atoms with E-state index in [0.29, 0.717) is 17.9 Å². The van der Waals surface area contributed by atoms with Crippen LogP contribution in [0.4, 0.5) is 0 Å². The van der Waals surface area contributed by atoms with Crippen LogP contribution in [0.5, 0.6) is 5.75 Å². The molecule has 2 rings (SSSR count). The van der Waals surface area contributed by atoms with Crippen molar-refractivity contribution >= 4 is 23.2 Å². The summed E-state index contributed by atoms with van der Waals surface area (Å²) in [6.45, 7) is 5.90. The molecular formula is C18H22N2O4S. The standard InChI is InChI=1S/C18H22N2O4S/c1-4-12(2)19-17(21)10-24-18(22)14-5-7-16(8-6-14)23-9-15-11-25-13(3)20-15/h5-8,11-12H,4,9-10H2,1-3H3,(H,19,21)/t12-/m1/s1. The van der Waals surface area contributed by atoms with Crippen LogP contribution in [0.3, 0.4) is 0 Å². The molecule has 0 saturated heterocycles. The number of nitrogens with one attached hydrogen (secondary N) is 1. The van der Waals surface area contributed by atoms with Gasteiger partial charge in [-0.3, -0.25) is 4.79 Å². The number of esters is 1. The first kappa shape index (κ1) is 18.9. The zero-order chi connectivity index (χ0) is 18.2. The van der Waals surface area contributed by atoms with Gasteiger partial charge in [-0.25, -0.2) is 9.78 Å². The average Bonchev–Trinajstić information content (AvgIpc) is 3.03. The van der Waals surface area contributed by atoms with Crippen LogP contribution in [0.25, 0.3) is 0 Å². The molecule has 134 valence electrons. The number of hydrogen-bond acceptors (Lipinski definition) is 6. The molecule has 1 N–H and O–H groups in total. The number of carbonyl (C=O) groups is 2. The number of aryl methyl sites for hydroxylation is 1. The third-order valence-corrected chi connectivity index (χ3v) is 4.32. The van der Waals surface area contributed by atoms with Crippen LogP contribution in [0.2, 0.25) is 0 Å². The van der Waals surface area contributed by atoms with Crippen LogP contribution in [0, 0.1) is 6.92 Å². The van der Waals surface area contributed by atoms with Crippen LogP contribution < -0.4 is 10.1 Å². The molecule has 0 unspecified atom stereocenters. The van der Waals surface area contributed by atoms with E-state index in [-0.39, 0.29) is 18.6 Å². The molecule has 1 aromatic carbocycles. The molecule has 1 heterocycles. The van der Waals surface area contributed by atoms with Crippen molar-refractivity contribution in [1.29, 1.82) is 0 Å². The van der Waals surface area contributed by atoms with Crippen molar-refractivity contribution in [2.24, 2.45) is 0 Å². The van der Waals surface area contributed by atoms with Gasteiger partial charge < -0.3 is 14.8 Å². The van der Waals surface area contributed by atoms with Crippen LogP contribution in [0.15, 0.2) is 29.6 Å². The summed E-state index contributed by atoms with van der Waals surface area (Å²) in [7, 11) is 0. The Kier molecular flexibility index (Phi) is 6.94. The third-order valence-electron chi connectivity index (χ3n) is 3.50. The van der Waals surface area contributed by atoms with E-state index < -0.39 is 5.97 Å². The van der Waals surface area contributed by atoms with Crippen LogP contribution in [-0.4, -0.2) is 29.5 Å². The Morgan fingerprint density at radius 2 is 2.00 bits per heavy atom. The predicted molar refractivity (Wildman–Crippen MR) is 95.8 cm³/mol. The van der Waals surface area contributed by atoms with Gasteiger partial charge in [0.05, 0.1) is 16.3 Å². The van der Waals surface area contributed by atoms with Crippen molar-refractivity contribution in [1.82, 2.24) is 10.3 Å². The summed E-state index contributed by atoms with van der Waals surface area (Å²) in [5, 5.41) is 5.68. The molecular weight excluding hydrogens is 340 g/mol. The lowest BCUT2D eigenvalue weighted by atomic mass is 10.2. The van der Waals surface area contributed by atoms with E-state index in [9.17, 15) is 9.59 Å². The second-order valence-corrected chi connectivity index (χ2v) is 6.69. The number of rotatable bonds is 8. The van der Waals surface area contributed by atoms with Crippen molar-refractivity contribution in [2.75, 3.05) is 6.61 Å². The third kappa shape index (κ3) is 6.19. The van der Waals surface area contributed by atoms with Crippen LogP contribution in [-0.2, 0) is 16.1 Å². The van der Waals surface area contributed by atoms with E-state index in [1.165, 1.54) is 0 Å². The lowest BCUT2D eigenvalue weighted by Gasteiger charge is -2.11. The van der Waals surface area contributed by atoms with Crippen LogP contribution >= 0.6 is 11.3 Å². The molecule has 1 amide bonds. The number of nitrogens with zero attached hydrogens (tertiary/aromatic N) is 1. The van der Waals surface area contributed by atoms with Gasteiger partial charge in [0.2, 0.25) is 0 Å². The Bertz CT molecular complexity index is 712. The molecule has 1 aromatic heterocycles. The van der Waals surface area contributed by atoms with Crippen LogP contribution in [0.1, 0.15) is 41.3 Å². The molecule has 0 aliphatic carbocycles. The van der Waals surface area contributed by atoms with Crippen molar-refractivity contribution in [3.8, 4) is 5.75 Å². The Balaban J connectivity index is 1.80. The Labute approximate surface area is 151 Å². The highest BCUT2D eigenvalue weighted by atomic mass is 32.1. The van der Waals surface area contributed by atoms with Gasteiger partial charge in [0.1, 0.15) is 12.4 Å². The number of ether oxygens (including phenoxy) is 2. The maximum atomic E-state index is 11.9. The maximum Gasteiger partial charge on any atom is 0.338 e. The fraction of sp³-hybridized carbons (Fsp3) is 0.389. The molecule has 0 radical (unpaired) electrons. The topological polar surface area (TPSA) is 77.5 Å². The highest BCUT2D eigenvalue weighted by Crippen LogP contribution is 2.16. The molecule has 1 atom stereocenters. The summed E-state index contributed by atoms with van der Waals surface area (Å²) in [6.07, 6.45) is 0.821. The summed E-state index contributed by atoms with van der Waals surface area (Å²) in [6, 6.07) is 6.65. The molecule has 0 aliphatic rings. The number of aromatic nitrogens is 1. The minimum atomic E-state index is -0.541. The fourth-order valence-corrected chi connectivity index (χ4v) is 2.55. The van der Waals surface area contributed by atoms with Gasteiger partial charge in [-0.1, -0.05) is 6.92 Å². The Morgan fingerprint density at radius 3 is 2.60 bits per heavy atom. The van der Waals surface area contributed by atoms with Gasteiger partial charge in [0, 0.05) is 11.4 Å². The summed E-state index contributed by atoms with van der Waals surface area (Å²) >= 11 is 1.57. The van der Waals surface area contributed by atoms with E-state index in [1.807, 2.05) is 26.2 Å². The predicted octanol–water partition coefficient (Wildman–Crippen LogP) is 3.10. The minimum absolute atomic E-state index is 0.0594. The van der Waals surface area contributed by atoms with Crippen molar-refractivity contribution in [3.05, 3.63) is 45.9 Å². The van der Waals surface area contributed by atoms with Gasteiger partial charge >= 0.3 is 5.97 Å². The fourth-order valence-electron chi connectivity index (χ4n) is 1.95. The van der Waals surface area contributed by atoms with E-state index >= 15 is 0 Å². The van der Waals surface area contributed by atoms with Gasteiger partial charge in [0.25, 0.3) is 5.91 Å². The first-order valence-electron chi connectivity index (χ1n) is 8.08. The number of benzene rings is 1.